The second kappa shape index (κ2) is 5.56. The molecule has 22 heavy (non-hydrogen) atoms. The van der Waals surface area contributed by atoms with Crippen molar-refractivity contribution in [2.24, 2.45) is 5.92 Å². The summed E-state index contributed by atoms with van der Waals surface area (Å²) in [5.74, 6) is -0.298. The number of carbonyl (C=O) groups excluding carboxylic acids is 2. The molecule has 2 rings (SSSR count). The number of nitrogens with zero attached hydrogens (tertiary/aromatic N) is 1. The summed E-state index contributed by atoms with van der Waals surface area (Å²) < 4.78 is 0. The standard InChI is InChI=1S/C18H26BNO2/c1-6-12-11-15(21)20(16(12)22)14-9-7-13(8-10-14)17(2,3)18(4,5)19/h7-10,12H,6,11,19H2,1-5H3. The van der Waals surface area contributed by atoms with Gasteiger partial charge in [-0.1, -0.05) is 52.1 Å². The maximum absolute atomic E-state index is 12.3. The van der Waals surface area contributed by atoms with E-state index in [1.807, 2.05) is 31.2 Å². The van der Waals surface area contributed by atoms with Gasteiger partial charge in [-0.3, -0.25) is 14.5 Å². The normalized spacial score (nSPS) is 19.9. The number of benzene rings is 1. The molecule has 4 heteroatoms. The van der Waals surface area contributed by atoms with Crippen LogP contribution in [0.3, 0.4) is 0 Å². The first-order chi connectivity index (χ1) is 10.1. The highest BCUT2D eigenvalue weighted by atomic mass is 16.2. The van der Waals surface area contributed by atoms with E-state index in [4.69, 9.17) is 0 Å². The van der Waals surface area contributed by atoms with E-state index in [1.54, 1.807) is 0 Å². The fourth-order valence-corrected chi connectivity index (χ4v) is 2.75. The lowest BCUT2D eigenvalue weighted by Crippen LogP contribution is -2.32. The molecule has 0 N–H and O–H groups in total. The van der Waals surface area contributed by atoms with Gasteiger partial charge >= 0.3 is 0 Å². The van der Waals surface area contributed by atoms with E-state index >= 15 is 0 Å². The fraction of sp³-hybridized carbons (Fsp3) is 0.556. The molecule has 3 nitrogen and oxygen atoms in total. The molecule has 0 spiro atoms. The lowest BCUT2D eigenvalue weighted by Gasteiger charge is -2.39. The van der Waals surface area contributed by atoms with Gasteiger partial charge in [0.2, 0.25) is 11.8 Å². The van der Waals surface area contributed by atoms with Crippen LogP contribution in [0.15, 0.2) is 24.3 Å². The van der Waals surface area contributed by atoms with Crippen LogP contribution in [0, 0.1) is 5.92 Å². The van der Waals surface area contributed by atoms with E-state index < -0.39 is 0 Å². The lowest BCUT2D eigenvalue weighted by molar-refractivity contribution is -0.122. The third kappa shape index (κ3) is 2.71. The maximum Gasteiger partial charge on any atom is 0.237 e. The number of anilines is 1. The van der Waals surface area contributed by atoms with Gasteiger partial charge in [-0.15, -0.1) is 0 Å². The number of carbonyl (C=O) groups is 2. The molecule has 118 valence electrons. The van der Waals surface area contributed by atoms with E-state index in [1.165, 1.54) is 10.5 Å². The highest BCUT2D eigenvalue weighted by Crippen LogP contribution is 2.44. The lowest BCUT2D eigenvalue weighted by atomic mass is 9.54. The molecule has 1 unspecified atom stereocenters. The minimum absolute atomic E-state index is 0.0104. The van der Waals surface area contributed by atoms with E-state index in [9.17, 15) is 9.59 Å². The zero-order valence-corrected chi connectivity index (χ0v) is 14.6. The Hall–Kier alpha value is -1.58. The van der Waals surface area contributed by atoms with Crippen molar-refractivity contribution in [1.29, 1.82) is 0 Å². The van der Waals surface area contributed by atoms with Crippen LogP contribution < -0.4 is 4.90 Å². The first-order valence-corrected chi connectivity index (χ1v) is 8.07. The Balaban J connectivity index is 2.31. The molecule has 1 aliphatic heterocycles. The molecule has 1 heterocycles. The molecular formula is C18H26BNO2. The zero-order chi connectivity index (χ0) is 16.7. The monoisotopic (exact) mass is 299 g/mol. The quantitative estimate of drug-likeness (QED) is 0.633. The van der Waals surface area contributed by atoms with Crippen LogP contribution in [-0.2, 0) is 15.0 Å². The van der Waals surface area contributed by atoms with Crippen molar-refractivity contribution in [2.45, 2.75) is 58.2 Å². The molecule has 1 fully saturated rings. The summed E-state index contributed by atoms with van der Waals surface area (Å²) in [7, 11) is 2.22. The van der Waals surface area contributed by atoms with Crippen LogP contribution in [0.2, 0.25) is 5.31 Å². The van der Waals surface area contributed by atoms with Crippen molar-refractivity contribution < 1.29 is 9.59 Å². The van der Waals surface area contributed by atoms with Gasteiger partial charge in [0.15, 0.2) is 0 Å². The van der Waals surface area contributed by atoms with Crippen LogP contribution >= 0.6 is 0 Å². The summed E-state index contributed by atoms with van der Waals surface area (Å²) in [4.78, 5) is 25.7. The maximum atomic E-state index is 12.3. The second-order valence-electron chi connectivity index (χ2n) is 7.80. The van der Waals surface area contributed by atoms with Crippen LogP contribution in [0.5, 0.6) is 0 Å². The molecule has 1 aromatic rings. The highest BCUT2D eigenvalue weighted by Gasteiger charge is 2.39. The topological polar surface area (TPSA) is 37.4 Å². The number of amides is 2. The Bertz CT molecular complexity index is 584. The summed E-state index contributed by atoms with van der Waals surface area (Å²) in [6.07, 6.45) is 1.06. The van der Waals surface area contributed by atoms with Crippen molar-refractivity contribution in [3.8, 4) is 0 Å². The average molecular weight is 299 g/mol. The van der Waals surface area contributed by atoms with Gasteiger partial charge in [-0.25, -0.2) is 0 Å². The molecule has 1 saturated heterocycles. The van der Waals surface area contributed by atoms with Crippen LogP contribution in [0.4, 0.5) is 5.69 Å². The molecule has 1 atom stereocenters. The van der Waals surface area contributed by atoms with Crippen molar-refractivity contribution in [3.05, 3.63) is 29.8 Å². The summed E-state index contributed by atoms with van der Waals surface area (Å²) in [6.45, 7) is 10.8. The van der Waals surface area contributed by atoms with E-state index in [0.29, 0.717) is 12.1 Å². The Morgan fingerprint density at radius 1 is 1.14 bits per heavy atom. The van der Waals surface area contributed by atoms with E-state index in [2.05, 4.69) is 35.5 Å². The number of imide groups is 1. The van der Waals surface area contributed by atoms with E-state index in [-0.39, 0.29) is 28.5 Å². The van der Waals surface area contributed by atoms with Crippen LogP contribution in [0.25, 0.3) is 0 Å². The third-order valence-electron chi connectivity index (χ3n) is 5.46. The molecule has 1 aromatic carbocycles. The van der Waals surface area contributed by atoms with Crippen LogP contribution in [0.1, 0.15) is 53.0 Å². The molecule has 0 aliphatic carbocycles. The minimum atomic E-state index is -0.154. The molecule has 1 aliphatic rings. The van der Waals surface area contributed by atoms with Gasteiger partial charge in [0.05, 0.1) is 5.69 Å². The Kier molecular flexibility index (Phi) is 4.25. The predicted molar refractivity (Wildman–Crippen MR) is 92.9 cm³/mol. The molecule has 0 radical (unpaired) electrons. The van der Waals surface area contributed by atoms with Crippen molar-refractivity contribution >= 4 is 25.3 Å². The van der Waals surface area contributed by atoms with Gasteiger partial charge in [0.25, 0.3) is 0 Å². The Labute approximate surface area is 134 Å². The first-order valence-electron chi connectivity index (χ1n) is 8.07. The average Bonchev–Trinajstić information content (AvgIpc) is 2.72. The summed E-state index contributed by atoms with van der Waals surface area (Å²) in [5, 5.41) is 0.126. The van der Waals surface area contributed by atoms with Crippen molar-refractivity contribution in [1.82, 2.24) is 0 Å². The molecular weight excluding hydrogens is 273 g/mol. The number of hydrogen-bond acceptors (Lipinski definition) is 2. The SMILES string of the molecule is BC(C)(C)C(C)(C)c1ccc(N2C(=O)CC(CC)C2=O)cc1. The molecule has 0 saturated carbocycles. The van der Waals surface area contributed by atoms with Gasteiger partial charge in [0, 0.05) is 12.3 Å². The first kappa shape index (κ1) is 16.8. The third-order valence-corrected chi connectivity index (χ3v) is 5.46. The minimum Gasteiger partial charge on any atom is -0.274 e. The summed E-state index contributed by atoms with van der Waals surface area (Å²) in [5.41, 5.74) is 1.92. The fourth-order valence-electron chi connectivity index (χ4n) is 2.75. The Morgan fingerprint density at radius 2 is 1.68 bits per heavy atom. The van der Waals surface area contributed by atoms with Crippen LogP contribution in [-0.4, -0.2) is 19.7 Å². The van der Waals surface area contributed by atoms with Gasteiger partial charge in [-0.05, 0) is 29.5 Å². The molecule has 0 bridgehead atoms. The van der Waals surface area contributed by atoms with Gasteiger partial charge in [-0.2, -0.15) is 0 Å². The second-order valence-corrected chi connectivity index (χ2v) is 7.80. The molecule has 0 aromatic heterocycles. The number of rotatable bonds is 4. The smallest absolute Gasteiger partial charge is 0.237 e. The van der Waals surface area contributed by atoms with Crippen molar-refractivity contribution in [2.75, 3.05) is 4.90 Å². The highest BCUT2D eigenvalue weighted by molar-refractivity contribution is 6.20. The molecule has 2 amide bonds. The zero-order valence-electron chi connectivity index (χ0n) is 14.6. The van der Waals surface area contributed by atoms with Crippen molar-refractivity contribution in [3.63, 3.8) is 0 Å². The van der Waals surface area contributed by atoms with Gasteiger partial charge < -0.3 is 0 Å². The predicted octanol–water partition coefficient (Wildman–Crippen LogP) is 3.09. The van der Waals surface area contributed by atoms with E-state index in [0.717, 1.165) is 6.42 Å². The Morgan fingerprint density at radius 3 is 2.09 bits per heavy atom. The number of hydrogen-bond donors (Lipinski definition) is 0. The van der Waals surface area contributed by atoms with Gasteiger partial charge in [0.1, 0.15) is 7.85 Å². The summed E-state index contributed by atoms with van der Waals surface area (Å²) in [6, 6.07) is 7.88. The largest absolute Gasteiger partial charge is 0.274 e. The summed E-state index contributed by atoms with van der Waals surface area (Å²) >= 11 is 0.